The zero-order chi connectivity index (χ0) is 15.8. The van der Waals surface area contributed by atoms with Crippen LogP contribution in [0, 0.1) is 0 Å². The van der Waals surface area contributed by atoms with Crippen molar-refractivity contribution in [3.8, 4) is 0 Å². The number of ether oxygens (including phenoxy) is 2. The standard InChI is InChI=1S/C18H40NO2/c1-5-6-7-8-9-10-11-12-13-14-16-20-18-21-17-15-19(2,3)4/h5-18H2,1-4H3/q+1. The van der Waals surface area contributed by atoms with E-state index < -0.39 is 0 Å². The number of unbranched alkanes of at least 4 members (excludes halogenated alkanes) is 9. The summed E-state index contributed by atoms with van der Waals surface area (Å²) in [5.74, 6) is 0. The highest BCUT2D eigenvalue weighted by Crippen LogP contribution is 2.10. The maximum atomic E-state index is 5.49. The second kappa shape index (κ2) is 14.8. The minimum Gasteiger partial charge on any atom is -0.355 e. The zero-order valence-corrected chi connectivity index (χ0v) is 15.2. The number of likely N-dealkylation sites (N-methyl/N-ethyl adjacent to an activating group) is 1. The molecule has 0 bridgehead atoms. The molecule has 0 aliphatic carbocycles. The molecule has 0 aromatic carbocycles. The van der Waals surface area contributed by atoms with Gasteiger partial charge in [-0.2, -0.15) is 0 Å². The van der Waals surface area contributed by atoms with E-state index in [0.29, 0.717) is 6.79 Å². The van der Waals surface area contributed by atoms with Gasteiger partial charge in [-0.25, -0.2) is 0 Å². The number of rotatable bonds is 16. The molecule has 0 radical (unpaired) electrons. The minimum absolute atomic E-state index is 0.456. The van der Waals surface area contributed by atoms with Crippen molar-refractivity contribution in [2.75, 3.05) is 47.7 Å². The fourth-order valence-electron chi connectivity index (χ4n) is 2.21. The third kappa shape index (κ3) is 19.9. The summed E-state index contributed by atoms with van der Waals surface area (Å²) in [6.45, 7) is 5.39. The van der Waals surface area contributed by atoms with Gasteiger partial charge in [0.25, 0.3) is 0 Å². The van der Waals surface area contributed by atoms with Crippen LogP contribution in [0.25, 0.3) is 0 Å². The molecule has 0 unspecified atom stereocenters. The third-order valence-corrected chi connectivity index (χ3v) is 3.72. The van der Waals surface area contributed by atoms with Gasteiger partial charge in [-0.05, 0) is 6.42 Å². The quantitative estimate of drug-likeness (QED) is 0.236. The fourth-order valence-corrected chi connectivity index (χ4v) is 2.21. The normalized spacial score (nSPS) is 12.0. The average molecular weight is 303 g/mol. The first-order valence-electron chi connectivity index (χ1n) is 9.02. The Hall–Kier alpha value is -0.120. The third-order valence-electron chi connectivity index (χ3n) is 3.72. The van der Waals surface area contributed by atoms with E-state index in [2.05, 4.69) is 28.1 Å². The molecular formula is C18H40NO2+. The zero-order valence-electron chi connectivity index (χ0n) is 15.2. The molecule has 0 aliphatic rings. The summed E-state index contributed by atoms with van der Waals surface area (Å²) in [4.78, 5) is 0. The maximum Gasteiger partial charge on any atom is 0.147 e. The highest BCUT2D eigenvalue weighted by Gasteiger charge is 2.05. The van der Waals surface area contributed by atoms with Crippen LogP contribution in [0.5, 0.6) is 0 Å². The van der Waals surface area contributed by atoms with Crippen molar-refractivity contribution in [1.82, 2.24) is 0 Å². The topological polar surface area (TPSA) is 18.5 Å². The van der Waals surface area contributed by atoms with Crippen LogP contribution in [0.1, 0.15) is 71.1 Å². The lowest BCUT2D eigenvalue weighted by atomic mass is 10.1. The molecule has 3 nitrogen and oxygen atoms in total. The molecule has 0 fully saturated rings. The molecule has 0 aromatic rings. The van der Waals surface area contributed by atoms with Crippen LogP contribution in [-0.2, 0) is 9.47 Å². The van der Waals surface area contributed by atoms with Crippen LogP contribution in [0.3, 0.4) is 0 Å². The van der Waals surface area contributed by atoms with Crippen LogP contribution < -0.4 is 0 Å². The summed E-state index contributed by atoms with van der Waals surface area (Å²) in [7, 11) is 6.52. The second-order valence-corrected chi connectivity index (χ2v) is 7.13. The van der Waals surface area contributed by atoms with Crippen molar-refractivity contribution >= 4 is 0 Å². The first kappa shape index (κ1) is 20.9. The van der Waals surface area contributed by atoms with Crippen LogP contribution in [-0.4, -0.2) is 52.2 Å². The fraction of sp³-hybridized carbons (Fsp3) is 1.00. The average Bonchev–Trinajstić information content (AvgIpc) is 2.42. The van der Waals surface area contributed by atoms with Crippen molar-refractivity contribution in [3.63, 3.8) is 0 Å². The van der Waals surface area contributed by atoms with Gasteiger partial charge in [-0.3, -0.25) is 0 Å². The first-order chi connectivity index (χ1) is 10.1. The van der Waals surface area contributed by atoms with E-state index in [-0.39, 0.29) is 0 Å². The van der Waals surface area contributed by atoms with E-state index in [1.807, 2.05) is 0 Å². The Bertz CT molecular complexity index is 202. The first-order valence-corrected chi connectivity index (χ1v) is 9.02. The van der Waals surface area contributed by atoms with Crippen LogP contribution in [0.4, 0.5) is 0 Å². The summed E-state index contributed by atoms with van der Waals surface area (Å²) < 4.78 is 11.9. The van der Waals surface area contributed by atoms with E-state index in [9.17, 15) is 0 Å². The molecule has 0 aliphatic heterocycles. The molecule has 0 aromatic heterocycles. The molecule has 3 heteroatoms. The lowest BCUT2D eigenvalue weighted by Gasteiger charge is -2.23. The van der Waals surface area contributed by atoms with E-state index in [0.717, 1.165) is 24.2 Å². The summed E-state index contributed by atoms with van der Waals surface area (Å²) in [6, 6.07) is 0. The lowest BCUT2D eigenvalue weighted by Crippen LogP contribution is -2.37. The lowest BCUT2D eigenvalue weighted by molar-refractivity contribution is -0.870. The van der Waals surface area contributed by atoms with Crippen LogP contribution in [0.2, 0.25) is 0 Å². The summed E-state index contributed by atoms with van der Waals surface area (Å²) in [5, 5.41) is 0. The summed E-state index contributed by atoms with van der Waals surface area (Å²) >= 11 is 0. The second-order valence-electron chi connectivity index (χ2n) is 7.13. The van der Waals surface area contributed by atoms with Gasteiger partial charge in [-0.15, -0.1) is 0 Å². The summed E-state index contributed by atoms with van der Waals surface area (Å²) in [5.41, 5.74) is 0. The van der Waals surface area contributed by atoms with Gasteiger partial charge in [0.15, 0.2) is 0 Å². The Morgan fingerprint density at radius 3 is 1.62 bits per heavy atom. The van der Waals surface area contributed by atoms with E-state index in [1.165, 1.54) is 64.2 Å². The van der Waals surface area contributed by atoms with Crippen LogP contribution >= 0.6 is 0 Å². The Morgan fingerprint density at radius 2 is 1.10 bits per heavy atom. The minimum atomic E-state index is 0.456. The van der Waals surface area contributed by atoms with Gasteiger partial charge >= 0.3 is 0 Å². The highest BCUT2D eigenvalue weighted by molar-refractivity contribution is 4.47. The smallest absolute Gasteiger partial charge is 0.147 e. The van der Waals surface area contributed by atoms with Crippen molar-refractivity contribution < 1.29 is 14.0 Å². The molecule has 128 valence electrons. The van der Waals surface area contributed by atoms with Crippen molar-refractivity contribution in [2.45, 2.75) is 71.1 Å². The largest absolute Gasteiger partial charge is 0.355 e. The number of nitrogens with zero attached hydrogens (tertiary/aromatic N) is 1. The maximum absolute atomic E-state index is 5.49. The highest BCUT2D eigenvalue weighted by atomic mass is 16.7. The molecule has 0 heterocycles. The van der Waals surface area contributed by atoms with E-state index in [4.69, 9.17) is 9.47 Å². The molecular weight excluding hydrogens is 262 g/mol. The number of hydrogen-bond acceptors (Lipinski definition) is 2. The number of quaternary nitrogens is 1. The van der Waals surface area contributed by atoms with Gasteiger partial charge in [0.05, 0.1) is 27.7 Å². The molecule has 0 amide bonds. The molecule has 0 rings (SSSR count). The molecule has 21 heavy (non-hydrogen) atoms. The van der Waals surface area contributed by atoms with Gasteiger partial charge in [-0.1, -0.05) is 64.7 Å². The van der Waals surface area contributed by atoms with E-state index >= 15 is 0 Å². The summed E-state index contributed by atoms with van der Waals surface area (Å²) in [6.07, 6.45) is 13.7. The Labute approximate surface area is 133 Å². The Kier molecular flexibility index (Phi) is 14.7. The molecule has 0 spiro atoms. The van der Waals surface area contributed by atoms with Gasteiger partial charge in [0, 0.05) is 6.61 Å². The van der Waals surface area contributed by atoms with Crippen LogP contribution in [0.15, 0.2) is 0 Å². The van der Waals surface area contributed by atoms with E-state index in [1.54, 1.807) is 0 Å². The van der Waals surface area contributed by atoms with Gasteiger partial charge in [0.1, 0.15) is 13.3 Å². The predicted octanol–water partition coefficient (Wildman–Crippen LogP) is 4.60. The molecule has 0 atom stereocenters. The SMILES string of the molecule is CCCCCCCCCCCCOCOCC[N+](C)(C)C. The molecule has 0 N–H and O–H groups in total. The Morgan fingerprint density at radius 1 is 0.619 bits per heavy atom. The van der Waals surface area contributed by atoms with Gasteiger partial charge < -0.3 is 14.0 Å². The van der Waals surface area contributed by atoms with Crippen molar-refractivity contribution in [3.05, 3.63) is 0 Å². The van der Waals surface area contributed by atoms with Gasteiger partial charge in [0.2, 0.25) is 0 Å². The monoisotopic (exact) mass is 302 g/mol. The number of hydrogen-bond donors (Lipinski definition) is 0. The Balaban J connectivity index is 3.00. The molecule has 0 saturated heterocycles. The van der Waals surface area contributed by atoms with Crippen molar-refractivity contribution in [2.24, 2.45) is 0 Å². The molecule has 0 saturated carbocycles. The predicted molar refractivity (Wildman–Crippen MR) is 91.5 cm³/mol. The van der Waals surface area contributed by atoms with Crippen molar-refractivity contribution in [1.29, 1.82) is 0 Å².